The summed E-state index contributed by atoms with van der Waals surface area (Å²) < 4.78 is 1.00. The molecule has 0 spiro atoms. The summed E-state index contributed by atoms with van der Waals surface area (Å²) in [6.45, 7) is 0.295. The third-order valence-corrected chi connectivity index (χ3v) is 3.56. The molecule has 0 aliphatic rings. The van der Waals surface area contributed by atoms with Gasteiger partial charge in [-0.25, -0.2) is 0 Å². The van der Waals surface area contributed by atoms with Crippen LogP contribution in [0.25, 0.3) is 0 Å². The fourth-order valence-electron chi connectivity index (χ4n) is 1.95. The Morgan fingerprint density at radius 2 is 2.04 bits per heavy atom. The monoisotopic (exact) mass is 381 g/mol. The molecule has 0 atom stereocenters. The quantitative estimate of drug-likeness (QED) is 0.334. The van der Waals surface area contributed by atoms with Crippen LogP contribution < -0.4 is 5.32 Å². The van der Waals surface area contributed by atoms with Crippen LogP contribution in [0.15, 0.2) is 40.5 Å². The van der Waals surface area contributed by atoms with Crippen LogP contribution in [0.2, 0.25) is 0 Å². The van der Waals surface area contributed by atoms with Crippen molar-refractivity contribution >= 4 is 21.8 Å². The summed E-state index contributed by atoms with van der Waals surface area (Å²) in [5.41, 5.74) is 1.08. The van der Waals surface area contributed by atoms with Crippen LogP contribution in [0.4, 0.5) is 0 Å². The van der Waals surface area contributed by atoms with E-state index >= 15 is 0 Å². The van der Waals surface area contributed by atoms with Gasteiger partial charge in [0.15, 0.2) is 0 Å². The van der Waals surface area contributed by atoms with Crippen molar-refractivity contribution in [2.75, 3.05) is 32.8 Å². The average Bonchev–Trinajstić information content (AvgIpc) is 2.54. The molecule has 0 unspecified atom stereocenters. The molecule has 6 nitrogen and oxygen atoms in total. The Morgan fingerprint density at radius 3 is 2.61 bits per heavy atom. The lowest BCUT2D eigenvalue weighted by Gasteiger charge is -2.20. The number of hydrogen-bond acceptors (Lipinski definition) is 5. The Kier molecular flexibility index (Phi) is 8.98. The Balaban J connectivity index is 2.57. The van der Waals surface area contributed by atoms with Crippen LogP contribution in [0, 0.1) is 11.3 Å². The molecule has 0 bridgehead atoms. The average molecular weight is 382 g/mol. The summed E-state index contributed by atoms with van der Waals surface area (Å²) in [4.78, 5) is 13.4. The fraction of sp³-hybridized carbons (Fsp3) is 0.375. The SMILES string of the molecule is N#C/C(=C/NCCc1cccc(Br)c1)C(=O)N(CCO)CCO. The van der Waals surface area contributed by atoms with Crippen LogP contribution in [-0.2, 0) is 11.2 Å². The third kappa shape index (κ3) is 6.82. The molecule has 7 heteroatoms. The minimum absolute atomic E-state index is 0.0545. The summed E-state index contributed by atoms with van der Waals surface area (Å²) in [6.07, 6.45) is 2.13. The number of carbonyl (C=O) groups excluding carboxylic acids is 1. The molecule has 23 heavy (non-hydrogen) atoms. The molecular formula is C16H20BrN3O3. The second-order valence-electron chi connectivity index (χ2n) is 4.74. The van der Waals surface area contributed by atoms with Crippen LogP contribution >= 0.6 is 15.9 Å². The zero-order valence-corrected chi connectivity index (χ0v) is 14.3. The Morgan fingerprint density at radius 1 is 1.35 bits per heavy atom. The van der Waals surface area contributed by atoms with E-state index < -0.39 is 5.91 Å². The number of halogens is 1. The van der Waals surface area contributed by atoms with Gasteiger partial charge in [0.25, 0.3) is 5.91 Å². The number of benzene rings is 1. The van der Waals surface area contributed by atoms with Crippen LogP contribution in [0.1, 0.15) is 5.56 Å². The highest BCUT2D eigenvalue weighted by atomic mass is 79.9. The van der Waals surface area contributed by atoms with Crippen molar-refractivity contribution < 1.29 is 15.0 Å². The fourth-order valence-corrected chi connectivity index (χ4v) is 2.40. The van der Waals surface area contributed by atoms with E-state index in [2.05, 4.69) is 21.2 Å². The first-order valence-corrected chi connectivity index (χ1v) is 8.00. The number of rotatable bonds is 9. The number of hydrogen-bond donors (Lipinski definition) is 3. The zero-order valence-electron chi connectivity index (χ0n) is 12.7. The Hall–Kier alpha value is -1.88. The molecule has 1 aromatic carbocycles. The topological polar surface area (TPSA) is 96.6 Å². The lowest BCUT2D eigenvalue weighted by Crippen LogP contribution is -2.37. The normalized spacial score (nSPS) is 11.0. The Labute approximate surface area is 144 Å². The number of nitrogens with zero attached hydrogens (tertiary/aromatic N) is 2. The van der Waals surface area contributed by atoms with Gasteiger partial charge in [-0.2, -0.15) is 5.26 Å². The van der Waals surface area contributed by atoms with Crippen molar-refractivity contribution in [3.05, 3.63) is 46.1 Å². The van der Waals surface area contributed by atoms with E-state index in [9.17, 15) is 4.79 Å². The van der Waals surface area contributed by atoms with E-state index in [4.69, 9.17) is 15.5 Å². The van der Waals surface area contributed by atoms with Gasteiger partial charge in [-0.15, -0.1) is 0 Å². The number of nitrogens with one attached hydrogen (secondary N) is 1. The van der Waals surface area contributed by atoms with Gasteiger partial charge in [-0.1, -0.05) is 28.1 Å². The summed E-state index contributed by atoms with van der Waals surface area (Å²) in [5.74, 6) is -0.509. The molecule has 0 fully saturated rings. The highest BCUT2D eigenvalue weighted by Crippen LogP contribution is 2.11. The second-order valence-corrected chi connectivity index (χ2v) is 5.66. The standard InChI is InChI=1S/C16H20BrN3O3/c17-15-3-1-2-13(10-15)4-5-19-12-14(11-18)16(23)20(6-8-21)7-9-22/h1-3,10,12,19,21-22H,4-9H2/b14-12-. The second kappa shape index (κ2) is 10.8. The molecule has 0 heterocycles. The predicted molar refractivity (Wildman–Crippen MR) is 90.3 cm³/mol. The van der Waals surface area contributed by atoms with Crippen molar-refractivity contribution in [2.45, 2.75) is 6.42 Å². The van der Waals surface area contributed by atoms with E-state index in [0.29, 0.717) is 6.54 Å². The van der Waals surface area contributed by atoms with Gasteiger partial charge in [0.2, 0.25) is 0 Å². The van der Waals surface area contributed by atoms with Crippen LogP contribution in [-0.4, -0.2) is 53.9 Å². The molecule has 1 aromatic rings. The first-order chi connectivity index (χ1) is 11.1. The maximum absolute atomic E-state index is 12.1. The molecule has 0 aromatic heterocycles. The number of aliphatic hydroxyl groups is 2. The van der Waals surface area contributed by atoms with Crippen molar-refractivity contribution in [2.24, 2.45) is 0 Å². The Bertz CT molecular complexity index is 578. The number of carbonyl (C=O) groups is 1. The highest BCUT2D eigenvalue weighted by molar-refractivity contribution is 9.10. The predicted octanol–water partition coefficient (Wildman–Crippen LogP) is 0.802. The van der Waals surface area contributed by atoms with Crippen molar-refractivity contribution in [3.63, 3.8) is 0 Å². The molecular weight excluding hydrogens is 362 g/mol. The molecule has 124 valence electrons. The number of aliphatic hydroxyl groups excluding tert-OH is 2. The van der Waals surface area contributed by atoms with E-state index in [-0.39, 0.29) is 31.9 Å². The zero-order chi connectivity index (χ0) is 17.1. The molecule has 0 saturated heterocycles. The maximum atomic E-state index is 12.1. The molecule has 1 rings (SSSR count). The number of nitriles is 1. The molecule has 3 N–H and O–H groups in total. The summed E-state index contributed by atoms with van der Waals surface area (Å²) in [6, 6.07) is 9.74. The minimum atomic E-state index is -0.509. The van der Waals surface area contributed by atoms with E-state index in [1.165, 1.54) is 11.1 Å². The first-order valence-electron chi connectivity index (χ1n) is 7.21. The maximum Gasteiger partial charge on any atom is 0.266 e. The molecule has 0 radical (unpaired) electrons. The summed E-state index contributed by atoms with van der Waals surface area (Å²) in [5, 5.41) is 29.9. The van der Waals surface area contributed by atoms with Crippen LogP contribution in [0.3, 0.4) is 0 Å². The van der Waals surface area contributed by atoms with Crippen molar-refractivity contribution in [1.29, 1.82) is 5.26 Å². The van der Waals surface area contributed by atoms with Gasteiger partial charge in [0.1, 0.15) is 11.6 Å². The van der Waals surface area contributed by atoms with E-state index in [0.717, 1.165) is 16.5 Å². The number of amides is 1. The summed E-state index contributed by atoms with van der Waals surface area (Å²) in [7, 11) is 0. The summed E-state index contributed by atoms with van der Waals surface area (Å²) >= 11 is 3.40. The molecule has 1 amide bonds. The largest absolute Gasteiger partial charge is 0.395 e. The van der Waals surface area contributed by atoms with Crippen molar-refractivity contribution in [1.82, 2.24) is 10.2 Å². The van der Waals surface area contributed by atoms with Gasteiger partial charge in [-0.05, 0) is 24.1 Å². The van der Waals surface area contributed by atoms with Gasteiger partial charge in [0, 0.05) is 30.3 Å². The molecule has 0 aliphatic heterocycles. The van der Waals surface area contributed by atoms with E-state index in [1.54, 1.807) is 0 Å². The van der Waals surface area contributed by atoms with Crippen molar-refractivity contribution in [3.8, 4) is 6.07 Å². The van der Waals surface area contributed by atoms with Crippen LogP contribution in [0.5, 0.6) is 0 Å². The van der Waals surface area contributed by atoms with Gasteiger partial charge in [-0.3, -0.25) is 4.79 Å². The molecule has 0 saturated carbocycles. The third-order valence-electron chi connectivity index (χ3n) is 3.07. The van der Waals surface area contributed by atoms with Gasteiger partial charge in [0.05, 0.1) is 13.2 Å². The first kappa shape index (κ1) is 19.2. The molecule has 0 aliphatic carbocycles. The highest BCUT2D eigenvalue weighted by Gasteiger charge is 2.17. The lowest BCUT2D eigenvalue weighted by molar-refractivity contribution is -0.127. The van der Waals surface area contributed by atoms with Gasteiger partial charge < -0.3 is 20.4 Å². The smallest absolute Gasteiger partial charge is 0.266 e. The minimum Gasteiger partial charge on any atom is -0.395 e. The van der Waals surface area contributed by atoms with E-state index in [1.807, 2.05) is 30.3 Å². The lowest BCUT2D eigenvalue weighted by atomic mass is 10.1. The van der Waals surface area contributed by atoms with Gasteiger partial charge >= 0.3 is 0 Å².